The molecule has 0 N–H and O–H groups in total. The molecule has 72 valence electrons. The predicted octanol–water partition coefficient (Wildman–Crippen LogP) is 3.57. The monoisotopic (exact) mass is 170 g/mol. The lowest BCUT2D eigenvalue weighted by molar-refractivity contribution is -0.109. The zero-order chi connectivity index (χ0) is 9.45. The van der Waals surface area contributed by atoms with Gasteiger partial charge in [0.2, 0.25) is 0 Å². The maximum absolute atomic E-state index is 10.3. The van der Waals surface area contributed by atoms with Gasteiger partial charge in [0.05, 0.1) is 0 Å². The van der Waals surface area contributed by atoms with Crippen LogP contribution in [0.15, 0.2) is 0 Å². The Labute approximate surface area is 76.6 Å². The summed E-state index contributed by atoms with van der Waals surface area (Å²) in [4.78, 5) is 10.3. The fraction of sp³-hybridized carbons (Fsp3) is 0.909. The van der Waals surface area contributed by atoms with E-state index in [2.05, 4.69) is 20.8 Å². The molecule has 0 amide bonds. The summed E-state index contributed by atoms with van der Waals surface area (Å²) in [6.07, 6.45) is 8.14. The van der Waals surface area contributed by atoms with Crippen LogP contribution in [0.25, 0.3) is 0 Å². The van der Waals surface area contributed by atoms with E-state index in [1.165, 1.54) is 32.1 Å². The summed E-state index contributed by atoms with van der Waals surface area (Å²) in [5, 5.41) is 0. The second-order valence-electron chi connectivity index (χ2n) is 4.35. The van der Waals surface area contributed by atoms with Crippen LogP contribution in [0.2, 0.25) is 0 Å². The van der Waals surface area contributed by atoms with E-state index in [4.69, 9.17) is 0 Å². The highest BCUT2D eigenvalue weighted by Gasteiger charge is 2.15. The molecule has 0 aliphatic rings. The summed E-state index contributed by atoms with van der Waals surface area (Å²) in [6.45, 7) is 6.57. The van der Waals surface area contributed by atoms with Crippen LogP contribution in [0, 0.1) is 5.41 Å². The summed E-state index contributed by atoms with van der Waals surface area (Å²) >= 11 is 0. The van der Waals surface area contributed by atoms with Crippen LogP contribution in [0.4, 0.5) is 0 Å². The summed E-state index contributed by atoms with van der Waals surface area (Å²) in [7, 11) is 0. The van der Waals surface area contributed by atoms with Crippen molar-refractivity contribution in [1.29, 1.82) is 0 Å². The van der Waals surface area contributed by atoms with E-state index in [0.717, 1.165) is 6.29 Å². The molecule has 1 heteroatoms. The topological polar surface area (TPSA) is 17.1 Å². The van der Waals surface area contributed by atoms with Crippen molar-refractivity contribution in [3.63, 3.8) is 0 Å². The molecule has 0 aromatic rings. The van der Waals surface area contributed by atoms with Crippen molar-refractivity contribution < 1.29 is 4.79 Å². The zero-order valence-electron chi connectivity index (χ0n) is 8.73. The Bertz CT molecular complexity index is 116. The van der Waals surface area contributed by atoms with E-state index in [9.17, 15) is 4.79 Å². The van der Waals surface area contributed by atoms with Gasteiger partial charge in [0.25, 0.3) is 0 Å². The standard InChI is InChI=1S/C11H22O/c1-4-5-6-7-8-11(2,3)9-10-12/h10H,4-9H2,1-3H3. The van der Waals surface area contributed by atoms with Gasteiger partial charge in [-0.25, -0.2) is 0 Å². The van der Waals surface area contributed by atoms with E-state index in [1.807, 2.05) is 0 Å². The van der Waals surface area contributed by atoms with Gasteiger partial charge in [-0.15, -0.1) is 0 Å². The summed E-state index contributed by atoms with van der Waals surface area (Å²) in [5.74, 6) is 0. The summed E-state index contributed by atoms with van der Waals surface area (Å²) in [6, 6.07) is 0. The number of rotatable bonds is 7. The fourth-order valence-corrected chi connectivity index (χ4v) is 1.36. The number of carbonyl (C=O) groups is 1. The molecule has 0 saturated carbocycles. The Morgan fingerprint density at radius 2 is 1.83 bits per heavy atom. The second-order valence-corrected chi connectivity index (χ2v) is 4.35. The first-order chi connectivity index (χ1) is 5.62. The number of hydrogen-bond acceptors (Lipinski definition) is 1. The van der Waals surface area contributed by atoms with Gasteiger partial charge in [0, 0.05) is 6.42 Å². The molecule has 0 aromatic carbocycles. The molecular formula is C11H22O. The first-order valence-electron chi connectivity index (χ1n) is 5.06. The van der Waals surface area contributed by atoms with Gasteiger partial charge in [-0.2, -0.15) is 0 Å². The highest BCUT2D eigenvalue weighted by Crippen LogP contribution is 2.26. The van der Waals surface area contributed by atoms with Crippen LogP contribution in [0.5, 0.6) is 0 Å². The van der Waals surface area contributed by atoms with Crippen LogP contribution in [0.3, 0.4) is 0 Å². The normalized spacial score (nSPS) is 11.6. The van der Waals surface area contributed by atoms with Crippen molar-refractivity contribution >= 4 is 6.29 Å². The first kappa shape index (κ1) is 11.7. The molecule has 0 aliphatic carbocycles. The minimum Gasteiger partial charge on any atom is -0.303 e. The molecule has 0 rings (SSSR count). The SMILES string of the molecule is CCCCCCC(C)(C)CC=O. The maximum atomic E-state index is 10.3. The van der Waals surface area contributed by atoms with Gasteiger partial charge in [-0.05, 0) is 11.8 Å². The second kappa shape index (κ2) is 6.22. The predicted molar refractivity (Wildman–Crippen MR) is 53.2 cm³/mol. The van der Waals surface area contributed by atoms with Crippen LogP contribution in [0.1, 0.15) is 59.3 Å². The minimum atomic E-state index is 0.232. The Hall–Kier alpha value is -0.330. The van der Waals surface area contributed by atoms with Gasteiger partial charge in [-0.3, -0.25) is 0 Å². The van der Waals surface area contributed by atoms with Crippen molar-refractivity contribution in [3.8, 4) is 0 Å². The van der Waals surface area contributed by atoms with E-state index in [1.54, 1.807) is 0 Å². The van der Waals surface area contributed by atoms with Crippen molar-refractivity contribution in [2.45, 2.75) is 59.3 Å². The third-order valence-corrected chi connectivity index (χ3v) is 2.34. The molecule has 0 aliphatic heterocycles. The number of hydrogen-bond donors (Lipinski definition) is 0. The summed E-state index contributed by atoms with van der Waals surface area (Å²) in [5.41, 5.74) is 0.232. The Kier molecular flexibility index (Phi) is 6.04. The van der Waals surface area contributed by atoms with E-state index in [-0.39, 0.29) is 5.41 Å². The van der Waals surface area contributed by atoms with Gasteiger partial charge in [-0.1, -0.05) is 46.5 Å². The molecule has 0 fully saturated rings. The lowest BCUT2D eigenvalue weighted by Gasteiger charge is -2.21. The van der Waals surface area contributed by atoms with Crippen LogP contribution >= 0.6 is 0 Å². The molecule has 0 atom stereocenters. The van der Waals surface area contributed by atoms with Crippen LogP contribution in [-0.2, 0) is 4.79 Å². The Morgan fingerprint density at radius 3 is 2.33 bits per heavy atom. The average molecular weight is 170 g/mol. The van der Waals surface area contributed by atoms with Crippen molar-refractivity contribution in [2.24, 2.45) is 5.41 Å². The maximum Gasteiger partial charge on any atom is 0.120 e. The number of unbranched alkanes of at least 4 members (excludes halogenated alkanes) is 3. The van der Waals surface area contributed by atoms with Crippen LogP contribution < -0.4 is 0 Å². The van der Waals surface area contributed by atoms with Gasteiger partial charge >= 0.3 is 0 Å². The highest BCUT2D eigenvalue weighted by atomic mass is 16.1. The molecule has 0 aromatic heterocycles. The molecular weight excluding hydrogens is 148 g/mol. The van der Waals surface area contributed by atoms with E-state index >= 15 is 0 Å². The molecule has 0 saturated heterocycles. The quantitative estimate of drug-likeness (QED) is 0.421. The Balaban J connectivity index is 3.39. The largest absolute Gasteiger partial charge is 0.303 e. The van der Waals surface area contributed by atoms with E-state index < -0.39 is 0 Å². The van der Waals surface area contributed by atoms with E-state index in [0.29, 0.717) is 6.42 Å². The smallest absolute Gasteiger partial charge is 0.120 e. The van der Waals surface area contributed by atoms with Gasteiger partial charge < -0.3 is 4.79 Å². The molecule has 1 nitrogen and oxygen atoms in total. The molecule has 0 heterocycles. The highest BCUT2D eigenvalue weighted by molar-refractivity contribution is 5.50. The lowest BCUT2D eigenvalue weighted by atomic mass is 9.84. The molecule has 0 spiro atoms. The Morgan fingerprint density at radius 1 is 1.17 bits per heavy atom. The van der Waals surface area contributed by atoms with Gasteiger partial charge in [0.1, 0.15) is 6.29 Å². The zero-order valence-corrected chi connectivity index (χ0v) is 8.73. The summed E-state index contributed by atoms with van der Waals surface area (Å²) < 4.78 is 0. The first-order valence-corrected chi connectivity index (χ1v) is 5.06. The minimum absolute atomic E-state index is 0.232. The van der Waals surface area contributed by atoms with Crippen molar-refractivity contribution in [2.75, 3.05) is 0 Å². The van der Waals surface area contributed by atoms with Crippen molar-refractivity contribution in [1.82, 2.24) is 0 Å². The number of carbonyl (C=O) groups excluding carboxylic acids is 1. The number of aldehydes is 1. The molecule has 0 radical (unpaired) electrons. The molecule has 12 heavy (non-hydrogen) atoms. The molecule has 0 unspecified atom stereocenters. The third-order valence-electron chi connectivity index (χ3n) is 2.34. The van der Waals surface area contributed by atoms with Crippen LogP contribution in [-0.4, -0.2) is 6.29 Å². The third kappa shape index (κ3) is 6.38. The molecule has 0 bridgehead atoms. The van der Waals surface area contributed by atoms with Crippen molar-refractivity contribution in [3.05, 3.63) is 0 Å². The average Bonchev–Trinajstić information content (AvgIpc) is 1.98. The van der Waals surface area contributed by atoms with Gasteiger partial charge in [0.15, 0.2) is 0 Å². The lowest BCUT2D eigenvalue weighted by Crippen LogP contribution is -2.11. The fourth-order valence-electron chi connectivity index (χ4n) is 1.36.